The fourth-order valence-corrected chi connectivity index (χ4v) is 3.73. The van der Waals surface area contributed by atoms with Crippen molar-refractivity contribution in [3.05, 3.63) is 0 Å². The molecule has 5 nitrogen and oxygen atoms in total. The molecule has 31 heavy (non-hydrogen) atoms. The van der Waals surface area contributed by atoms with Crippen LogP contribution in [0.15, 0.2) is 0 Å². The number of hydrogen-bond acceptors (Lipinski definition) is 2. The number of phosphoric acid groups is 1. The predicted molar refractivity (Wildman–Crippen MR) is 137 cm³/mol. The van der Waals surface area contributed by atoms with E-state index in [9.17, 15) is 0 Å². The summed E-state index contributed by atoms with van der Waals surface area (Å²) in [6.07, 6.45) is 22.0. The second kappa shape index (κ2) is 27.6. The third kappa shape index (κ3) is 36.1. The Bertz CT molecular complexity index is 347. The van der Waals surface area contributed by atoms with Crippen molar-refractivity contribution < 1.29 is 24.0 Å². The van der Waals surface area contributed by atoms with E-state index in [1.807, 2.05) is 0 Å². The first-order valence-electron chi connectivity index (χ1n) is 12.6. The van der Waals surface area contributed by atoms with Crippen LogP contribution in [0.3, 0.4) is 0 Å². The minimum atomic E-state index is -4.64. The molecule has 0 aromatic heterocycles. The fourth-order valence-electron chi connectivity index (χ4n) is 3.73. The van der Waals surface area contributed by atoms with Crippen LogP contribution < -0.4 is 0 Å². The van der Waals surface area contributed by atoms with Gasteiger partial charge in [0.1, 0.15) is 0 Å². The molecule has 0 radical (unpaired) electrons. The average molecular weight is 495 g/mol. The molecule has 0 aliphatic carbocycles. The fraction of sp³-hybridized carbons (Fsp3) is 1.00. The van der Waals surface area contributed by atoms with Crippen LogP contribution in [0.2, 0.25) is 0 Å². The summed E-state index contributed by atoms with van der Waals surface area (Å²) in [5.41, 5.74) is 0. The molecular formula is C24H55CaO5P. The molecule has 0 fully saturated rings. The first-order chi connectivity index (χ1) is 14.3. The van der Waals surface area contributed by atoms with Gasteiger partial charge in [-0.2, -0.15) is 0 Å². The summed E-state index contributed by atoms with van der Waals surface area (Å²) in [5.74, 6) is 1.62. The van der Waals surface area contributed by atoms with Crippen molar-refractivity contribution in [3.8, 4) is 0 Å². The predicted octanol–water partition coefficient (Wildman–Crippen LogP) is 6.71. The van der Waals surface area contributed by atoms with Crippen LogP contribution in [0.5, 0.6) is 0 Å². The Morgan fingerprint density at radius 3 is 1.16 bits per heavy atom. The Hall–Kier alpha value is 1.33. The van der Waals surface area contributed by atoms with Crippen molar-refractivity contribution in [1.82, 2.24) is 0 Å². The summed E-state index contributed by atoms with van der Waals surface area (Å²) in [4.78, 5) is 21.6. The van der Waals surface area contributed by atoms with Crippen molar-refractivity contribution in [3.63, 3.8) is 0 Å². The Kier molecular flexibility index (Phi) is 32.8. The van der Waals surface area contributed by atoms with Gasteiger partial charge >= 0.3 is 45.6 Å². The van der Waals surface area contributed by atoms with Gasteiger partial charge in [0.2, 0.25) is 0 Å². The molecule has 0 aliphatic heterocycles. The summed E-state index contributed by atoms with van der Waals surface area (Å²) in [7, 11) is -4.64. The average Bonchev–Trinajstić information content (AvgIpc) is 2.68. The molecule has 0 saturated heterocycles. The first kappa shape index (κ1) is 36.9. The maximum absolute atomic E-state index is 8.88. The van der Waals surface area contributed by atoms with Crippen molar-refractivity contribution in [2.45, 2.75) is 130 Å². The van der Waals surface area contributed by atoms with Gasteiger partial charge in [0.25, 0.3) is 0 Å². The van der Waals surface area contributed by atoms with E-state index in [4.69, 9.17) is 24.0 Å². The molecule has 0 spiro atoms. The Labute approximate surface area is 223 Å². The third-order valence-electron chi connectivity index (χ3n) is 5.57. The Balaban J connectivity index is -0.00000116. The molecule has 0 rings (SSSR count). The Morgan fingerprint density at radius 2 is 0.871 bits per heavy atom. The van der Waals surface area contributed by atoms with Gasteiger partial charge in [-0.15, -0.1) is 0 Å². The normalized spacial score (nSPS) is 13.1. The molecule has 0 aromatic carbocycles. The van der Waals surface area contributed by atoms with Crippen molar-refractivity contribution >= 4 is 45.6 Å². The van der Waals surface area contributed by atoms with Gasteiger partial charge in [-0.05, 0) is 37.5 Å². The minimum absolute atomic E-state index is 0. The van der Waals surface area contributed by atoms with Gasteiger partial charge in [0.15, 0.2) is 0 Å². The third-order valence-corrected chi connectivity index (χ3v) is 5.57. The molecule has 188 valence electrons. The number of ether oxygens (including phenoxy) is 1. The topological polar surface area (TPSA) is 87.0 Å². The van der Waals surface area contributed by atoms with Crippen LogP contribution in [0.4, 0.5) is 0 Å². The van der Waals surface area contributed by atoms with Crippen LogP contribution in [0.1, 0.15) is 130 Å². The molecule has 0 bridgehead atoms. The van der Waals surface area contributed by atoms with Gasteiger partial charge in [-0.1, -0.05) is 105 Å². The number of unbranched alkanes of at least 4 members (excludes halogenated alkanes) is 8. The molecule has 3 N–H and O–H groups in total. The van der Waals surface area contributed by atoms with Crippen molar-refractivity contribution in [2.24, 2.45) is 11.8 Å². The van der Waals surface area contributed by atoms with Gasteiger partial charge in [-0.3, -0.25) is 0 Å². The summed E-state index contributed by atoms with van der Waals surface area (Å²) < 4.78 is 15.1. The quantitative estimate of drug-likeness (QED) is 0.0994. The van der Waals surface area contributed by atoms with E-state index in [1.54, 1.807) is 0 Å². The summed E-state index contributed by atoms with van der Waals surface area (Å²) >= 11 is 0. The number of hydrogen-bond donors (Lipinski definition) is 3. The zero-order valence-electron chi connectivity index (χ0n) is 20.5. The zero-order chi connectivity index (χ0) is 23.1. The van der Waals surface area contributed by atoms with E-state index >= 15 is 0 Å². The maximum atomic E-state index is 8.88. The van der Waals surface area contributed by atoms with Gasteiger partial charge in [0.05, 0.1) is 0 Å². The van der Waals surface area contributed by atoms with Crippen molar-refractivity contribution in [2.75, 3.05) is 13.2 Å². The molecule has 7 heteroatoms. The zero-order valence-corrected chi connectivity index (χ0v) is 21.4. The first-order valence-corrected chi connectivity index (χ1v) is 14.2. The Morgan fingerprint density at radius 1 is 0.581 bits per heavy atom. The summed E-state index contributed by atoms with van der Waals surface area (Å²) in [6.45, 7) is 11.3. The number of rotatable bonds is 20. The summed E-state index contributed by atoms with van der Waals surface area (Å²) in [6, 6.07) is 0. The molecule has 0 heterocycles. The second-order valence-electron chi connectivity index (χ2n) is 8.77. The van der Waals surface area contributed by atoms with Crippen molar-refractivity contribution in [1.29, 1.82) is 0 Å². The van der Waals surface area contributed by atoms with Crippen LogP contribution in [0, 0.1) is 11.8 Å². The van der Waals surface area contributed by atoms with E-state index in [-0.39, 0.29) is 37.7 Å². The van der Waals surface area contributed by atoms with Gasteiger partial charge < -0.3 is 19.4 Å². The molecule has 0 aromatic rings. The standard InChI is InChI=1S/C24H50O.Ca.H3O4P.2H/c1-5-9-13-15-19-23(17-11-7-3)21-25-22-24(18-12-8-4)20-16-14-10-6-2;;1-5(2,3)4;;/h23-24H,5-22H2,1-4H3;;(H3,1,2,3,4);;. The molecule has 0 amide bonds. The van der Waals surface area contributed by atoms with E-state index in [0.717, 1.165) is 25.0 Å². The van der Waals surface area contributed by atoms with E-state index in [1.165, 1.54) is 103 Å². The van der Waals surface area contributed by atoms with Gasteiger partial charge in [0, 0.05) is 13.2 Å². The molecule has 0 saturated carbocycles. The molecular weight excluding hydrogens is 439 g/mol. The van der Waals surface area contributed by atoms with Gasteiger partial charge in [-0.25, -0.2) is 4.57 Å². The van der Waals surface area contributed by atoms with Crippen LogP contribution in [0.25, 0.3) is 0 Å². The molecule has 2 unspecified atom stereocenters. The monoisotopic (exact) mass is 494 g/mol. The SMILES string of the molecule is CCCCCCC(CCCC)COCC(CCCC)CCCCCC.O=P(O)(O)O.[CaH2]. The van der Waals surface area contributed by atoms with E-state index in [0.29, 0.717) is 0 Å². The molecule has 2 atom stereocenters. The van der Waals surface area contributed by atoms with E-state index < -0.39 is 7.82 Å². The second-order valence-corrected chi connectivity index (χ2v) is 9.79. The molecule has 0 aliphatic rings. The van der Waals surface area contributed by atoms with Crippen LogP contribution in [-0.4, -0.2) is 65.6 Å². The van der Waals surface area contributed by atoms with Crippen LogP contribution in [-0.2, 0) is 9.30 Å². The summed E-state index contributed by atoms with van der Waals surface area (Å²) in [5, 5.41) is 0. The van der Waals surface area contributed by atoms with E-state index in [2.05, 4.69) is 27.7 Å². The van der Waals surface area contributed by atoms with Crippen LogP contribution >= 0.6 is 7.82 Å².